The summed E-state index contributed by atoms with van der Waals surface area (Å²) in [6.07, 6.45) is 2.22. The molecular weight excluding hydrogens is 272 g/mol. The van der Waals surface area contributed by atoms with E-state index in [0.29, 0.717) is 5.56 Å². The third-order valence-electron chi connectivity index (χ3n) is 3.55. The van der Waals surface area contributed by atoms with Crippen LogP contribution in [0.1, 0.15) is 47.3 Å². The highest BCUT2D eigenvalue weighted by Crippen LogP contribution is 2.08. The number of benzene rings is 2. The predicted molar refractivity (Wildman–Crippen MR) is 91.3 cm³/mol. The number of hydrogen-bond acceptors (Lipinski definition) is 2. The minimum absolute atomic E-state index is 0.193. The van der Waals surface area contributed by atoms with Crippen molar-refractivity contribution >= 4 is 11.6 Å². The molecule has 2 aromatic rings. The average molecular weight is 294 g/mol. The summed E-state index contributed by atoms with van der Waals surface area (Å²) in [7, 11) is 0. The van der Waals surface area contributed by atoms with Gasteiger partial charge in [-0.15, -0.1) is 0 Å². The summed E-state index contributed by atoms with van der Waals surface area (Å²) < 4.78 is 0. The van der Waals surface area contributed by atoms with Gasteiger partial charge in [-0.05, 0) is 43.5 Å². The second-order valence-electron chi connectivity index (χ2n) is 5.45. The number of rotatable bonds is 5. The van der Waals surface area contributed by atoms with Crippen LogP contribution in [0.4, 0.5) is 0 Å². The summed E-state index contributed by atoms with van der Waals surface area (Å²) in [5, 5.41) is 4.19. The maximum atomic E-state index is 12.0. The Kier molecular flexibility index (Phi) is 5.48. The molecule has 0 radical (unpaired) electrons. The van der Waals surface area contributed by atoms with Crippen molar-refractivity contribution in [3.8, 4) is 0 Å². The van der Waals surface area contributed by atoms with Crippen molar-refractivity contribution in [2.45, 2.75) is 33.6 Å². The van der Waals surface area contributed by atoms with Crippen molar-refractivity contribution in [3.05, 3.63) is 70.8 Å². The zero-order chi connectivity index (χ0) is 15.9. The van der Waals surface area contributed by atoms with Gasteiger partial charge in [0.1, 0.15) is 0 Å². The first kappa shape index (κ1) is 16.0. The Balaban J connectivity index is 2.02. The maximum absolute atomic E-state index is 12.0. The zero-order valence-corrected chi connectivity index (χ0v) is 13.4. The van der Waals surface area contributed by atoms with Crippen molar-refractivity contribution in [2.24, 2.45) is 5.10 Å². The van der Waals surface area contributed by atoms with Crippen molar-refractivity contribution in [1.82, 2.24) is 5.43 Å². The fourth-order valence-electron chi connectivity index (χ4n) is 2.17. The van der Waals surface area contributed by atoms with Gasteiger partial charge in [0.25, 0.3) is 5.91 Å². The molecule has 0 aromatic heterocycles. The van der Waals surface area contributed by atoms with E-state index in [2.05, 4.69) is 29.6 Å². The van der Waals surface area contributed by atoms with Gasteiger partial charge in [-0.2, -0.15) is 5.10 Å². The molecule has 2 rings (SSSR count). The van der Waals surface area contributed by atoms with Gasteiger partial charge in [0.2, 0.25) is 0 Å². The van der Waals surface area contributed by atoms with Crippen LogP contribution in [-0.2, 0) is 6.42 Å². The molecule has 0 spiro atoms. The second kappa shape index (κ2) is 7.55. The van der Waals surface area contributed by atoms with E-state index in [1.165, 1.54) is 5.56 Å². The van der Waals surface area contributed by atoms with Gasteiger partial charge in [0.05, 0.1) is 5.71 Å². The van der Waals surface area contributed by atoms with Crippen LogP contribution in [-0.4, -0.2) is 11.6 Å². The first-order chi connectivity index (χ1) is 10.6. The third-order valence-corrected chi connectivity index (χ3v) is 3.55. The fourth-order valence-corrected chi connectivity index (χ4v) is 2.17. The molecule has 3 heteroatoms. The summed E-state index contributed by atoms with van der Waals surface area (Å²) in [6.45, 7) is 6.05. The van der Waals surface area contributed by atoms with Crippen LogP contribution < -0.4 is 5.43 Å². The Morgan fingerprint density at radius 1 is 1.00 bits per heavy atom. The molecule has 0 heterocycles. The van der Waals surface area contributed by atoms with Crippen LogP contribution in [0.15, 0.2) is 53.6 Å². The van der Waals surface area contributed by atoms with Gasteiger partial charge in [-0.25, -0.2) is 5.43 Å². The Bertz CT molecular complexity index is 655. The largest absolute Gasteiger partial charge is 0.271 e. The van der Waals surface area contributed by atoms with Gasteiger partial charge in [-0.1, -0.05) is 55.3 Å². The number of hydrazone groups is 1. The number of amides is 1. The molecule has 3 nitrogen and oxygen atoms in total. The third kappa shape index (κ3) is 4.29. The Hall–Kier alpha value is -2.42. The quantitative estimate of drug-likeness (QED) is 0.654. The molecular formula is C19H22N2O. The van der Waals surface area contributed by atoms with Crippen molar-refractivity contribution in [2.75, 3.05) is 0 Å². The standard InChI is InChI=1S/C19H22N2O/c1-4-5-16-8-12-17(13-9-16)15(3)20-21-19(22)18-10-6-14(2)7-11-18/h6-13H,4-5H2,1-3H3,(H,21,22)/b20-15+. The number of aryl methyl sites for hydroxylation is 2. The predicted octanol–water partition coefficient (Wildman–Crippen LogP) is 4.10. The molecule has 1 amide bonds. The van der Waals surface area contributed by atoms with Gasteiger partial charge in [0.15, 0.2) is 0 Å². The molecule has 0 aliphatic heterocycles. The highest BCUT2D eigenvalue weighted by molar-refractivity contribution is 6.00. The summed E-state index contributed by atoms with van der Waals surface area (Å²) >= 11 is 0. The number of carbonyl (C=O) groups is 1. The van der Waals surface area contributed by atoms with Gasteiger partial charge in [0, 0.05) is 5.56 Å². The van der Waals surface area contributed by atoms with E-state index in [-0.39, 0.29) is 5.91 Å². The van der Waals surface area contributed by atoms with Crippen LogP contribution in [0.5, 0.6) is 0 Å². The smallest absolute Gasteiger partial charge is 0.267 e. The van der Waals surface area contributed by atoms with E-state index in [1.54, 1.807) is 12.1 Å². The monoisotopic (exact) mass is 294 g/mol. The van der Waals surface area contributed by atoms with Crippen LogP contribution in [0, 0.1) is 6.92 Å². The summed E-state index contributed by atoms with van der Waals surface area (Å²) in [6, 6.07) is 15.7. The maximum Gasteiger partial charge on any atom is 0.271 e. The fraction of sp³-hybridized carbons (Fsp3) is 0.263. The average Bonchev–Trinajstić information content (AvgIpc) is 2.54. The second-order valence-corrected chi connectivity index (χ2v) is 5.45. The van der Waals surface area contributed by atoms with Gasteiger partial charge >= 0.3 is 0 Å². The van der Waals surface area contributed by atoms with Crippen molar-refractivity contribution in [3.63, 3.8) is 0 Å². The van der Waals surface area contributed by atoms with Crippen LogP contribution >= 0.6 is 0 Å². The molecule has 0 saturated heterocycles. The van der Waals surface area contributed by atoms with E-state index in [4.69, 9.17) is 0 Å². The molecule has 22 heavy (non-hydrogen) atoms. The van der Waals surface area contributed by atoms with E-state index in [9.17, 15) is 4.79 Å². The molecule has 114 valence electrons. The van der Waals surface area contributed by atoms with E-state index in [0.717, 1.165) is 29.7 Å². The van der Waals surface area contributed by atoms with Gasteiger partial charge in [-0.3, -0.25) is 4.79 Å². The van der Waals surface area contributed by atoms with Crippen LogP contribution in [0.3, 0.4) is 0 Å². The molecule has 0 atom stereocenters. The van der Waals surface area contributed by atoms with Gasteiger partial charge < -0.3 is 0 Å². The lowest BCUT2D eigenvalue weighted by Crippen LogP contribution is -2.19. The molecule has 0 fully saturated rings. The zero-order valence-electron chi connectivity index (χ0n) is 13.4. The lowest BCUT2D eigenvalue weighted by Gasteiger charge is -2.05. The Morgan fingerprint density at radius 3 is 2.18 bits per heavy atom. The number of carbonyl (C=O) groups excluding carboxylic acids is 1. The number of hydrogen-bond donors (Lipinski definition) is 1. The van der Waals surface area contributed by atoms with Crippen molar-refractivity contribution in [1.29, 1.82) is 0 Å². The lowest BCUT2D eigenvalue weighted by atomic mass is 10.1. The van der Waals surface area contributed by atoms with E-state index >= 15 is 0 Å². The first-order valence-corrected chi connectivity index (χ1v) is 7.60. The highest BCUT2D eigenvalue weighted by atomic mass is 16.2. The van der Waals surface area contributed by atoms with Crippen molar-refractivity contribution < 1.29 is 4.79 Å². The lowest BCUT2D eigenvalue weighted by molar-refractivity contribution is 0.0955. The highest BCUT2D eigenvalue weighted by Gasteiger charge is 2.04. The number of nitrogens with zero attached hydrogens (tertiary/aromatic N) is 1. The molecule has 0 bridgehead atoms. The van der Waals surface area contributed by atoms with Crippen LogP contribution in [0.2, 0.25) is 0 Å². The normalized spacial score (nSPS) is 11.3. The molecule has 1 N–H and O–H groups in total. The van der Waals surface area contributed by atoms with E-state index in [1.807, 2.05) is 38.1 Å². The minimum atomic E-state index is -0.193. The molecule has 0 aliphatic carbocycles. The topological polar surface area (TPSA) is 41.5 Å². The molecule has 0 saturated carbocycles. The molecule has 0 aliphatic rings. The minimum Gasteiger partial charge on any atom is -0.267 e. The summed E-state index contributed by atoms with van der Waals surface area (Å²) in [5.41, 5.74) is 7.48. The molecule has 2 aromatic carbocycles. The Labute approximate surface area is 132 Å². The summed E-state index contributed by atoms with van der Waals surface area (Å²) in [4.78, 5) is 12.0. The first-order valence-electron chi connectivity index (χ1n) is 7.60. The number of nitrogens with one attached hydrogen (secondary N) is 1. The van der Waals surface area contributed by atoms with E-state index < -0.39 is 0 Å². The SMILES string of the molecule is CCCc1ccc(/C(C)=N/NC(=O)c2ccc(C)cc2)cc1. The Morgan fingerprint density at radius 2 is 1.59 bits per heavy atom. The molecule has 0 unspecified atom stereocenters. The summed E-state index contributed by atoms with van der Waals surface area (Å²) in [5.74, 6) is -0.193. The van der Waals surface area contributed by atoms with Crippen LogP contribution in [0.25, 0.3) is 0 Å².